The second kappa shape index (κ2) is 4.09. The number of hydrogen-bond acceptors (Lipinski definition) is 3. The quantitative estimate of drug-likeness (QED) is 0.569. The van der Waals surface area contributed by atoms with Gasteiger partial charge in [-0.3, -0.25) is 9.59 Å². The van der Waals surface area contributed by atoms with E-state index < -0.39 is 0 Å². The van der Waals surface area contributed by atoms with Gasteiger partial charge in [0.15, 0.2) is 6.73 Å². The Morgan fingerprint density at radius 1 is 1.58 bits per heavy atom. The zero-order valence-corrected chi connectivity index (χ0v) is 7.21. The maximum atomic E-state index is 11.1. The fourth-order valence-corrected chi connectivity index (χ4v) is 1.17. The molecule has 0 atom stereocenters. The van der Waals surface area contributed by atoms with Crippen LogP contribution in [0.4, 0.5) is 0 Å². The average Bonchev–Trinajstić information content (AvgIpc) is 2.03. The van der Waals surface area contributed by atoms with Gasteiger partial charge in [0, 0.05) is 19.9 Å². The number of hydrogen-bond donors (Lipinski definition) is 0. The van der Waals surface area contributed by atoms with E-state index in [0.29, 0.717) is 13.0 Å². The van der Waals surface area contributed by atoms with Gasteiger partial charge in [-0.25, -0.2) is 0 Å². The lowest BCUT2D eigenvalue weighted by molar-refractivity contribution is -0.152. The second-order valence-corrected chi connectivity index (χ2v) is 2.88. The van der Waals surface area contributed by atoms with Crippen LogP contribution in [0.25, 0.3) is 0 Å². The van der Waals surface area contributed by atoms with Gasteiger partial charge in [-0.2, -0.15) is 0 Å². The van der Waals surface area contributed by atoms with Crippen molar-refractivity contribution in [2.75, 3.05) is 13.3 Å². The maximum Gasteiger partial charge on any atom is 0.304 e. The summed E-state index contributed by atoms with van der Waals surface area (Å²) in [7, 11) is 0. The summed E-state index contributed by atoms with van der Waals surface area (Å²) in [6.45, 7) is 2.18. The Labute approximate surface area is 71.5 Å². The third-order valence-corrected chi connectivity index (χ3v) is 1.85. The van der Waals surface area contributed by atoms with E-state index in [-0.39, 0.29) is 18.6 Å². The first-order chi connectivity index (χ1) is 5.70. The summed E-state index contributed by atoms with van der Waals surface area (Å²) in [5, 5.41) is 0. The van der Waals surface area contributed by atoms with Gasteiger partial charge in [-0.15, -0.1) is 0 Å². The molecule has 0 spiro atoms. The monoisotopic (exact) mass is 171 g/mol. The van der Waals surface area contributed by atoms with Crippen molar-refractivity contribution in [3.05, 3.63) is 0 Å². The number of piperidine rings is 1. The zero-order chi connectivity index (χ0) is 8.97. The van der Waals surface area contributed by atoms with E-state index in [9.17, 15) is 9.59 Å². The van der Waals surface area contributed by atoms with Crippen LogP contribution < -0.4 is 0 Å². The number of esters is 1. The van der Waals surface area contributed by atoms with E-state index in [1.165, 1.54) is 6.92 Å². The average molecular weight is 171 g/mol. The zero-order valence-electron chi connectivity index (χ0n) is 7.21. The van der Waals surface area contributed by atoms with E-state index >= 15 is 0 Å². The molecule has 0 aliphatic carbocycles. The Morgan fingerprint density at radius 2 is 2.33 bits per heavy atom. The molecule has 0 aromatic carbocycles. The molecular formula is C8H13NO3. The first-order valence-corrected chi connectivity index (χ1v) is 4.11. The summed E-state index contributed by atoms with van der Waals surface area (Å²) in [4.78, 5) is 23.1. The van der Waals surface area contributed by atoms with Crippen molar-refractivity contribution in [1.82, 2.24) is 4.90 Å². The third kappa shape index (κ3) is 2.53. The highest BCUT2D eigenvalue weighted by Crippen LogP contribution is 2.09. The fraction of sp³-hybridized carbons (Fsp3) is 0.750. The molecule has 0 radical (unpaired) electrons. The van der Waals surface area contributed by atoms with Crippen LogP contribution in [-0.4, -0.2) is 30.1 Å². The van der Waals surface area contributed by atoms with Crippen LogP contribution in [0.2, 0.25) is 0 Å². The van der Waals surface area contributed by atoms with Gasteiger partial charge in [0.2, 0.25) is 5.91 Å². The molecule has 1 rings (SSSR count). The molecule has 4 nitrogen and oxygen atoms in total. The second-order valence-electron chi connectivity index (χ2n) is 2.88. The Hall–Kier alpha value is -1.06. The molecule has 0 aromatic heterocycles. The molecule has 0 saturated carbocycles. The number of nitrogens with zero attached hydrogens (tertiary/aromatic N) is 1. The highest BCUT2D eigenvalue weighted by molar-refractivity contribution is 5.77. The van der Waals surface area contributed by atoms with Crippen molar-refractivity contribution in [1.29, 1.82) is 0 Å². The van der Waals surface area contributed by atoms with Crippen molar-refractivity contribution < 1.29 is 14.3 Å². The molecule has 4 heteroatoms. The lowest BCUT2D eigenvalue weighted by atomic mass is 10.1. The topological polar surface area (TPSA) is 46.6 Å². The Morgan fingerprint density at radius 3 is 2.92 bits per heavy atom. The van der Waals surface area contributed by atoms with Crippen LogP contribution in [-0.2, 0) is 14.3 Å². The predicted octanol–water partition coefficient (Wildman–Crippen LogP) is 0.520. The largest absolute Gasteiger partial charge is 0.444 e. The molecule has 0 N–H and O–H groups in total. The molecule has 1 heterocycles. The highest BCUT2D eigenvalue weighted by Gasteiger charge is 2.17. The first kappa shape index (κ1) is 9.03. The molecule has 1 fully saturated rings. The number of carbonyl (C=O) groups is 2. The molecule has 1 amide bonds. The maximum absolute atomic E-state index is 11.1. The summed E-state index contributed by atoms with van der Waals surface area (Å²) in [6.07, 6.45) is 2.55. The van der Waals surface area contributed by atoms with Gasteiger partial charge in [0.05, 0.1) is 0 Å². The van der Waals surface area contributed by atoms with Crippen molar-refractivity contribution in [2.45, 2.75) is 26.2 Å². The van der Waals surface area contributed by atoms with Crippen molar-refractivity contribution in [3.8, 4) is 0 Å². The van der Waals surface area contributed by atoms with E-state index in [0.717, 1.165) is 12.8 Å². The number of rotatable bonds is 2. The highest BCUT2D eigenvalue weighted by atomic mass is 16.5. The molecule has 12 heavy (non-hydrogen) atoms. The van der Waals surface area contributed by atoms with E-state index in [2.05, 4.69) is 0 Å². The summed E-state index contributed by atoms with van der Waals surface area (Å²) in [5.41, 5.74) is 0. The van der Waals surface area contributed by atoms with Gasteiger partial charge >= 0.3 is 5.97 Å². The normalized spacial score (nSPS) is 17.8. The van der Waals surface area contributed by atoms with Gasteiger partial charge in [-0.1, -0.05) is 0 Å². The van der Waals surface area contributed by atoms with Gasteiger partial charge in [-0.05, 0) is 12.8 Å². The van der Waals surface area contributed by atoms with Crippen molar-refractivity contribution in [2.24, 2.45) is 0 Å². The van der Waals surface area contributed by atoms with E-state index in [1.807, 2.05) is 0 Å². The summed E-state index contributed by atoms with van der Waals surface area (Å²) < 4.78 is 4.72. The molecule has 1 aliphatic rings. The van der Waals surface area contributed by atoms with E-state index in [1.54, 1.807) is 4.90 Å². The van der Waals surface area contributed by atoms with Gasteiger partial charge < -0.3 is 9.64 Å². The molecule has 0 aromatic rings. The molecule has 0 bridgehead atoms. The predicted molar refractivity (Wildman–Crippen MR) is 42.2 cm³/mol. The summed E-state index contributed by atoms with van der Waals surface area (Å²) in [6, 6.07) is 0. The Bertz CT molecular complexity index is 191. The summed E-state index contributed by atoms with van der Waals surface area (Å²) >= 11 is 0. The van der Waals surface area contributed by atoms with Crippen LogP contribution in [0.3, 0.4) is 0 Å². The Kier molecular flexibility index (Phi) is 3.08. The first-order valence-electron chi connectivity index (χ1n) is 4.11. The van der Waals surface area contributed by atoms with Crippen LogP contribution in [0.15, 0.2) is 0 Å². The smallest absolute Gasteiger partial charge is 0.304 e. The minimum atomic E-state index is -0.339. The molecule has 0 unspecified atom stereocenters. The number of ether oxygens (including phenoxy) is 1. The SMILES string of the molecule is CC(=O)OCN1CCCCC1=O. The van der Waals surface area contributed by atoms with E-state index in [4.69, 9.17) is 4.74 Å². The van der Waals surface area contributed by atoms with Crippen LogP contribution in [0.5, 0.6) is 0 Å². The lowest BCUT2D eigenvalue weighted by Crippen LogP contribution is -2.37. The van der Waals surface area contributed by atoms with Crippen LogP contribution in [0.1, 0.15) is 26.2 Å². The Balaban J connectivity index is 2.29. The van der Waals surface area contributed by atoms with Gasteiger partial charge in [0.1, 0.15) is 0 Å². The third-order valence-electron chi connectivity index (χ3n) is 1.85. The molecule has 1 saturated heterocycles. The van der Waals surface area contributed by atoms with Crippen LogP contribution >= 0.6 is 0 Å². The van der Waals surface area contributed by atoms with Crippen LogP contribution in [0, 0.1) is 0 Å². The van der Waals surface area contributed by atoms with Crippen molar-refractivity contribution in [3.63, 3.8) is 0 Å². The lowest BCUT2D eigenvalue weighted by Gasteiger charge is -2.25. The molecular weight excluding hydrogens is 158 g/mol. The standard InChI is InChI=1S/C8H13NO3/c1-7(10)12-6-9-5-3-2-4-8(9)11/h2-6H2,1H3. The number of amides is 1. The molecule has 68 valence electrons. The van der Waals surface area contributed by atoms with Crippen molar-refractivity contribution >= 4 is 11.9 Å². The number of likely N-dealkylation sites (tertiary alicyclic amines) is 1. The number of carbonyl (C=O) groups excluding carboxylic acids is 2. The fourth-order valence-electron chi connectivity index (χ4n) is 1.17. The minimum Gasteiger partial charge on any atom is -0.444 e. The summed E-state index contributed by atoms with van der Waals surface area (Å²) in [5.74, 6) is -0.254. The minimum absolute atomic E-state index is 0.0856. The van der Waals surface area contributed by atoms with Gasteiger partial charge in [0.25, 0.3) is 0 Å². The molecule has 1 aliphatic heterocycles.